The van der Waals surface area contributed by atoms with E-state index < -0.39 is 11.7 Å². The van der Waals surface area contributed by atoms with Gasteiger partial charge in [-0.2, -0.15) is 13.2 Å². The second-order valence-electron chi connectivity index (χ2n) is 6.90. The van der Waals surface area contributed by atoms with Gasteiger partial charge in [0, 0.05) is 33.9 Å². The number of rotatable bonds is 8. The molecule has 0 unspecified atom stereocenters. The quantitative estimate of drug-likeness (QED) is 0.310. The molecule has 28 heavy (non-hydrogen) atoms. The van der Waals surface area contributed by atoms with Gasteiger partial charge < -0.3 is 20.1 Å². The summed E-state index contributed by atoms with van der Waals surface area (Å²) in [5.74, 6) is 0.668. The van der Waals surface area contributed by atoms with Gasteiger partial charge in [-0.15, -0.1) is 24.0 Å². The van der Waals surface area contributed by atoms with Crippen LogP contribution in [-0.2, 0) is 17.5 Å². The maximum absolute atomic E-state index is 13.3. The zero-order valence-corrected chi connectivity index (χ0v) is 18.8. The highest BCUT2D eigenvalue weighted by Gasteiger charge is 2.36. The second-order valence-corrected chi connectivity index (χ2v) is 6.90. The predicted molar refractivity (Wildman–Crippen MR) is 114 cm³/mol. The third-order valence-electron chi connectivity index (χ3n) is 5.17. The van der Waals surface area contributed by atoms with E-state index in [1.54, 1.807) is 14.2 Å². The lowest BCUT2D eigenvalue weighted by atomic mass is 9.67. The van der Waals surface area contributed by atoms with Crippen molar-refractivity contribution in [3.63, 3.8) is 0 Å². The Morgan fingerprint density at radius 2 is 1.93 bits per heavy atom. The topological polar surface area (TPSA) is 54.9 Å². The summed E-state index contributed by atoms with van der Waals surface area (Å²) >= 11 is 0. The molecule has 0 aliphatic heterocycles. The van der Waals surface area contributed by atoms with Crippen LogP contribution in [0, 0.1) is 5.41 Å². The van der Waals surface area contributed by atoms with Gasteiger partial charge in [-0.1, -0.05) is 12.5 Å². The van der Waals surface area contributed by atoms with Crippen LogP contribution in [0.4, 0.5) is 13.2 Å². The summed E-state index contributed by atoms with van der Waals surface area (Å²) in [6.45, 7) is 1.45. The number of benzene rings is 1. The van der Waals surface area contributed by atoms with Gasteiger partial charge in [-0.25, -0.2) is 0 Å². The summed E-state index contributed by atoms with van der Waals surface area (Å²) in [4.78, 5) is 4.13. The average Bonchev–Trinajstić information content (AvgIpc) is 2.62. The van der Waals surface area contributed by atoms with Crippen molar-refractivity contribution in [1.82, 2.24) is 10.6 Å². The van der Waals surface area contributed by atoms with E-state index in [1.807, 2.05) is 0 Å². The summed E-state index contributed by atoms with van der Waals surface area (Å²) in [5.41, 5.74) is -0.380. The molecule has 1 fully saturated rings. The number of guanidine groups is 1. The van der Waals surface area contributed by atoms with E-state index in [-0.39, 0.29) is 47.2 Å². The molecule has 2 N–H and O–H groups in total. The van der Waals surface area contributed by atoms with E-state index >= 15 is 0 Å². The molecule has 1 aliphatic rings. The van der Waals surface area contributed by atoms with Crippen LogP contribution in [0.1, 0.15) is 36.8 Å². The van der Waals surface area contributed by atoms with Gasteiger partial charge in [0.15, 0.2) is 5.96 Å². The standard InChI is InChI=1S/C19H28F3N3O2.HI/c1-23-17(25-13-18(7-4-8-18)9-10-26-2)24-12-14-5-6-15(27-3)11-16(14)19(20,21)22;/h5-6,11H,4,7-10,12-13H2,1-3H3,(H2,23,24,25);1H. The van der Waals surface area contributed by atoms with Crippen molar-refractivity contribution in [2.24, 2.45) is 10.4 Å². The van der Waals surface area contributed by atoms with E-state index in [0.717, 1.165) is 31.9 Å². The molecule has 1 aromatic rings. The number of nitrogens with one attached hydrogen (secondary N) is 2. The number of hydrogen-bond acceptors (Lipinski definition) is 3. The molecule has 9 heteroatoms. The molecule has 0 radical (unpaired) electrons. The molecular formula is C19H29F3IN3O2. The van der Waals surface area contributed by atoms with Gasteiger partial charge in [0.25, 0.3) is 0 Å². The lowest BCUT2D eigenvalue weighted by Crippen LogP contribution is -2.46. The number of nitrogens with zero attached hydrogens (tertiary/aromatic N) is 1. The maximum Gasteiger partial charge on any atom is 0.416 e. The van der Waals surface area contributed by atoms with Crippen LogP contribution in [0.3, 0.4) is 0 Å². The Morgan fingerprint density at radius 3 is 2.43 bits per heavy atom. The minimum atomic E-state index is -4.45. The predicted octanol–water partition coefficient (Wildman–Crippen LogP) is 4.20. The Hall–Kier alpha value is -1.23. The fraction of sp³-hybridized carbons (Fsp3) is 0.632. The Balaban J connectivity index is 0.00000392. The van der Waals surface area contributed by atoms with Gasteiger partial charge >= 0.3 is 6.18 Å². The van der Waals surface area contributed by atoms with E-state index in [2.05, 4.69) is 15.6 Å². The van der Waals surface area contributed by atoms with Crippen molar-refractivity contribution in [3.8, 4) is 5.75 Å². The van der Waals surface area contributed by atoms with Crippen molar-refractivity contribution in [3.05, 3.63) is 29.3 Å². The van der Waals surface area contributed by atoms with E-state index in [1.165, 1.54) is 25.7 Å². The third kappa shape index (κ3) is 6.68. The molecule has 0 bridgehead atoms. The molecule has 160 valence electrons. The van der Waals surface area contributed by atoms with E-state index in [4.69, 9.17) is 9.47 Å². The fourth-order valence-electron chi connectivity index (χ4n) is 3.28. The number of methoxy groups -OCH3 is 2. The smallest absolute Gasteiger partial charge is 0.416 e. The van der Waals surface area contributed by atoms with Crippen molar-refractivity contribution >= 4 is 29.9 Å². The Labute approximate surface area is 181 Å². The van der Waals surface area contributed by atoms with Crippen LogP contribution in [0.2, 0.25) is 0 Å². The van der Waals surface area contributed by atoms with E-state index in [9.17, 15) is 13.2 Å². The summed E-state index contributed by atoms with van der Waals surface area (Å²) in [5, 5.41) is 6.23. The molecule has 0 atom stereocenters. The summed E-state index contributed by atoms with van der Waals surface area (Å²) < 4.78 is 50.0. The van der Waals surface area contributed by atoms with Crippen LogP contribution >= 0.6 is 24.0 Å². The molecule has 0 heterocycles. The molecule has 1 saturated carbocycles. The first-order chi connectivity index (χ1) is 12.8. The highest BCUT2D eigenvalue weighted by Crippen LogP contribution is 2.43. The van der Waals surface area contributed by atoms with Gasteiger partial charge in [0.1, 0.15) is 5.75 Å². The monoisotopic (exact) mass is 515 g/mol. The Bertz CT molecular complexity index is 650. The number of alkyl halides is 3. The highest BCUT2D eigenvalue weighted by atomic mass is 127. The van der Waals surface area contributed by atoms with Gasteiger partial charge in [-0.3, -0.25) is 4.99 Å². The maximum atomic E-state index is 13.3. The number of hydrogen-bond donors (Lipinski definition) is 2. The first-order valence-electron chi connectivity index (χ1n) is 9.01. The minimum Gasteiger partial charge on any atom is -0.497 e. The fourth-order valence-corrected chi connectivity index (χ4v) is 3.28. The minimum absolute atomic E-state index is 0. The van der Waals surface area contributed by atoms with Gasteiger partial charge in [-0.05, 0) is 42.4 Å². The van der Waals surface area contributed by atoms with Crippen LogP contribution in [0.15, 0.2) is 23.2 Å². The average molecular weight is 515 g/mol. The van der Waals surface area contributed by atoms with Crippen LogP contribution in [-0.4, -0.2) is 40.4 Å². The Kier molecular flexibility index (Phi) is 9.82. The molecule has 2 rings (SSSR count). The third-order valence-corrected chi connectivity index (χ3v) is 5.17. The molecule has 1 aliphatic carbocycles. The van der Waals surface area contributed by atoms with Crippen LogP contribution in [0.25, 0.3) is 0 Å². The largest absolute Gasteiger partial charge is 0.497 e. The lowest BCUT2D eigenvalue weighted by molar-refractivity contribution is -0.138. The second kappa shape index (κ2) is 11.1. The number of aliphatic imine (C=N–C) groups is 1. The van der Waals surface area contributed by atoms with Crippen molar-refractivity contribution < 1.29 is 22.6 Å². The first-order valence-corrected chi connectivity index (χ1v) is 9.01. The Morgan fingerprint density at radius 1 is 1.21 bits per heavy atom. The lowest BCUT2D eigenvalue weighted by Gasteiger charge is -2.42. The van der Waals surface area contributed by atoms with Gasteiger partial charge in [0.05, 0.1) is 12.7 Å². The summed E-state index contributed by atoms with van der Waals surface area (Å²) in [7, 11) is 4.64. The molecule has 0 amide bonds. The summed E-state index contributed by atoms with van der Waals surface area (Å²) in [6, 6.07) is 3.96. The van der Waals surface area contributed by atoms with Gasteiger partial charge in [0.2, 0.25) is 0 Å². The molecule has 0 saturated heterocycles. The summed E-state index contributed by atoms with van der Waals surface area (Å²) in [6.07, 6.45) is -0.0465. The zero-order chi connectivity index (χ0) is 19.9. The highest BCUT2D eigenvalue weighted by molar-refractivity contribution is 14.0. The molecule has 5 nitrogen and oxygen atoms in total. The first kappa shape index (κ1) is 24.8. The molecule has 0 aromatic heterocycles. The van der Waals surface area contributed by atoms with Crippen molar-refractivity contribution in [2.75, 3.05) is 34.4 Å². The zero-order valence-electron chi connectivity index (χ0n) is 16.5. The molecular weight excluding hydrogens is 486 g/mol. The molecule has 0 spiro atoms. The van der Waals surface area contributed by atoms with E-state index in [0.29, 0.717) is 12.6 Å². The van der Waals surface area contributed by atoms with Crippen LogP contribution in [0.5, 0.6) is 5.75 Å². The molecule has 1 aromatic carbocycles. The van der Waals surface area contributed by atoms with Crippen LogP contribution < -0.4 is 15.4 Å². The normalized spacial score (nSPS) is 16.0. The number of halogens is 4. The number of ether oxygens (including phenoxy) is 2. The van der Waals surface area contributed by atoms with Crippen molar-refractivity contribution in [2.45, 2.75) is 38.4 Å². The SMILES string of the molecule is CN=C(NCc1ccc(OC)cc1C(F)(F)F)NCC1(CCOC)CCC1.I. The van der Waals surface area contributed by atoms with Crippen molar-refractivity contribution in [1.29, 1.82) is 0 Å².